The minimum atomic E-state index is -0.0279. The lowest BCUT2D eigenvalue weighted by atomic mass is 10.0. The van der Waals surface area contributed by atoms with E-state index in [1.54, 1.807) is 0 Å². The van der Waals surface area contributed by atoms with Gasteiger partial charge in [-0.1, -0.05) is 39.8 Å². The lowest BCUT2D eigenvalue weighted by Crippen LogP contribution is -2.18. The maximum Gasteiger partial charge on any atom is 0.127 e. The van der Waals surface area contributed by atoms with Crippen LogP contribution >= 0.6 is 0 Å². The zero-order valence-corrected chi connectivity index (χ0v) is 13.6. The molecule has 0 bridgehead atoms. The fraction of sp³-hybridized carbons (Fsp3) is 0.500. The van der Waals surface area contributed by atoms with Crippen molar-refractivity contribution < 1.29 is 0 Å². The van der Waals surface area contributed by atoms with Crippen LogP contribution < -0.4 is 5.73 Å². The van der Waals surface area contributed by atoms with Crippen LogP contribution in [0.15, 0.2) is 30.9 Å². The van der Waals surface area contributed by atoms with Gasteiger partial charge in [-0.3, -0.25) is 0 Å². The van der Waals surface area contributed by atoms with Crippen molar-refractivity contribution in [1.82, 2.24) is 9.55 Å². The molecule has 2 N–H and O–H groups in total. The summed E-state index contributed by atoms with van der Waals surface area (Å²) in [6.07, 6.45) is 2.85. The zero-order chi connectivity index (χ0) is 15.6. The highest BCUT2D eigenvalue weighted by Gasteiger charge is 2.18. The number of fused-ring (bicyclic) bond motifs is 1. The van der Waals surface area contributed by atoms with Gasteiger partial charge < -0.3 is 10.3 Å². The first-order valence-corrected chi connectivity index (χ1v) is 7.80. The number of rotatable bonds is 6. The van der Waals surface area contributed by atoms with Crippen LogP contribution in [0.3, 0.4) is 0 Å². The minimum absolute atomic E-state index is 0.0279. The Balaban J connectivity index is 2.52. The van der Waals surface area contributed by atoms with E-state index in [2.05, 4.69) is 57.0 Å². The highest BCUT2D eigenvalue weighted by molar-refractivity contribution is 5.77. The summed E-state index contributed by atoms with van der Waals surface area (Å²) in [5.74, 6) is 2.04. The van der Waals surface area contributed by atoms with Gasteiger partial charge in [0.1, 0.15) is 5.82 Å². The van der Waals surface area contributed by atoms with Crippen LogP contribution in [0.4, 0.5) is 0 Å². The Kier molecular flexibility index (Phi) is 4.84. The molecule has 1 aromatic carbocycles. The summed E-state index contributed by atoms with van der Waals surface area (Å²) in [6.45, 7) is 13.4. The van der Waals surface area contributed by atoms with Gasteiger partial charge >= 0.3 is 0 Å². The van der Waals surface area contributed by atoms with Gasteiger partial charge in [0, 0.05) is 6.54 Å². The van der Waals surface area contributed by atoms with E-state index >= 15 is 0 Å². The largest absolute Gasteiger partial charge is 0.323 e. The molecule has 2 rings (SSSR count). The van der Waals surface area contributed by atoms with Crippen LogP contribution in [0.2, 0.25) is 0 Å². The summed E-state index contributed by atoms with van der Waals surface area (Å²) >= 11 is 0. The third kappa shape index (κ3) is 3.35. The van der Waals surface area contributed by atoms with Crippen molar-refractivity contribution in [1.29, 1.82) is 0 Å². The molecule has 3 nitrogen and oxygen atoms in total. The molecule has 0 aliphatic heterocycles. The summed E-state index contributed by atoms with van der Waals surface area (Å²) in [5, 5.41) is 0. The number of benzene rings is 1. The first-order valence-electron chi connectivity index (χ1n) is 7.80. The van der Waals surface area contributed by atoms with E-state index in [1.807, 2.05) is 6.08 Å². The van der Waals surface area contributed by atoms with E-state index in [0.29, 0.717) is 11.8 Å². The van der Waals surface area contributed by atoms with E-state index in [4.69, 9.17) is 10.7 Å². The highest BCUT2D eigenvalue weighted by Crippen LogP contribution is 2.26. The first-order chi connectivity index (χ1) is 9.93. The molecule has 3 heteroatoms. The third-order valence-electron chi connectivity index (χ3n) is 3.84. The first kappa shape index (κ1) is 15.8. The molecular weight excluding hydrogens is 258 g/mol. The zero-order valence-electron chi connectivity index (χ0n) is 13.6. The van der Waals surface area contributed by atoms with E-state index in [-0.39, 0.29) is 6.04 Å². The van der Waals surface area contributed by atoms with Crippen LogP contribution in [0.5, 0.6) is 0 Å². The Morgan fingerprint density at radius 3 is 2.57 bits per heavy atom. The molecule has 1 unspecified atom stereocenters. The molecule has 0 aliphatic carbocycles. The predicted octanol–water partition coefficient (Wildman–Crippen LogP) is 4.39. The van der Waals surface area contributed by atoms with Crippen molar-refractivity contribution in [3.05, 3.63) is 42.2 Å². The normalized spacial score (nSPS) is 13.3. The fourth-order valence-corrected chi connectivity index (χ4v) is 2.74. The summed E-state index contributed by atoms with van der Waals surface area (Å²) < 4.78 is 2.19. The van der Waals surface area contributed by atoms with Crippen LogP contribution in [0.25, 0.3) is 11.0 Å². The quantitative estimate of drug-likeness (QED) is 0.800. The van der Waals surface area contributed by atoms with Gasteiger partial charge in [-0.15, -0.1) is 6.58 Å². The monoisotopic (exact) mass is 285 g/mol. The standard InChI is InChI=1S/C18H27N3/c1-6-9-21-17-8-7-14(13(4)5)11-16(17)20-18(21)15(19)10-12(2)3/h6-8,11-13,15H,1,9-10,19H2,2-5H3. The Labute approximate surface area is 127 Å². The van der Waals surface area contributed by atoms with Gasteiger partial charge in [0.05, 0.1) is 17.1 Å². The molecule has 0 spiro atoms. The molecule has 21 heavy (non-hydrogen) atoms. The van der Waals surface area contributed by atoms with Gasteiger partial charge in [0.25, 0.3) is 0 Å². The second kappa shape index (κ2) is 6.44. The molecule has 1 aromatic heterocycles. The van der Waals surface area contributed by atoms with Gasteiger partial charge in [-0.05, 0) is 36.0 Å². The third-order valence-corrected chi connectivity index (χ3v) is 3.84. The van der Waals surface area contributed by atoms with Crippen molar-refractivity contribution in [2.75, 3.05) is 0 Å². The topological polar surface area (TPSA) is 43.8 Å². The number of aromatic nitrogens is 2. The molecule has 2 aromatic rings. The van der Waals surface area contributed by atoms with Crippen molar-refractivity contribution in [3.63, 3.8) is 0 Å². The van der Waals surface area contributed by atoms with E-state index in [0.717, 1.165) is 29.8 Å². The molecule has 0 fully saturated rings. The number of nitrogens with two attached hydrogens (primary N) is 1. The van der Waals surface area contributed by atoms with Gasteiger partial charge in [0.15, 0.2) is 0 Å². The summed E-state index contributed by atoms with van der Waals surface area (Å²) in [6, 6.07) is 6.50. The summed E-state index contributed by atoms with van der Waals surface area (Å²) in [5.41, 5.74) is 9.87. The van der Waals surface area contributed by atoms with Gasteiger partial charge in [-0.2, -0.15) is 0 Å². The van der Waals surface area contributed by atoms with Crippen molar-refractivity contribution in [2.45, 2.75) is 52.6 Å². The van der Waals surface area contributed by atoms with Crippen LogP contribution in [0.1, 0.15) is 57.5 Å². The van der Waals surface area contributed by atoms with E-state index in [9.17, 15) is 0 Å². The SMILES string of the molecule is C=CCn1c(C(N)CC(C)C)nc2cc(C(C)C)ccc21. The van der Waals surface area contributed by atoms with E-state index in [1.165, 1.54) is 5.56 Å². The maximum absolute atomic E-state index is 6.37. The molecule has 0 saturated heterocycles. The predicted molar refractivity (Wildman–Crippen MR) is 90.4 cm³/mol. The Morgan fingerprint density at radius 1 is 1.29 bits per heavy atom. The average molecular weight is 285 g/mol. The lowest BCUT2D eigenvalue weighted by molar-refractivity contribution is 0.482. The number of imidazole rings is 1. The molecule has 1 atom stereocenters. The summed E-state index contributed by atoms with van der Waals surface area (Å²) in [7, 11) is 0. The molecule has 0 amide bonds. The molecule has 0 radical (unpaired) electrons. The van der Waals surface area contributed by atoms with Crippen LogP contribution in [-0.4, -0.2) is 9.55 Å². The number of allylic oxidation sites excluding steroid dienone is 1. The minimum Gasteiger partial charge on any atom is -0.323 e. The van der Waals surface area contributed by atoms with Crippen molar-refractivity contribution >= 4 is 11.0 Å². The second-order valence-corrected chi connectivity index (χ2v) is 6.51. The highest BCUT2D eigenvalue weighted by atomic mass is 15.1. The van der Waals surface area contributed by atoms with Crippen LogP contribution in [-0.2, 0) is 6.54 Å². The molecule has 0 saturated carbocycles. The van der Waals surface area contributed by atoms with Gasteiger partial charge in [-0.25, -0.2) is 4.98 Å². The number of hydrogen-bond acceptors (Lipinski definition) is 2. The molecule has 0 aliphatic rings. The molecule has 114 valence electrons. The average Bonchev–Trinajstić information content (AvgIpc) is 2.76. The molecular formula is C18H27N3. The lowest BCUT2D eigenvalue weighted by Gasteiger charge is -2.15. The van der Waals surface area contributed by atoms with Crippen molar-refractivity contribution in [2.24, 2.45) is 11.7 Å². The van der Waals surface area contributed by atoms with E-state index < -0.39 is 0 Å². The fourth-order valence-electron chi connectivity index (χ4n) is 2.74. The smallest absolute Gasteiger partial charge is 0.127 e. The Bertz CT molecular complexity index is 623. The van der Waals surface area contributed by atoms with Gasteiger partial charge in [0.2, 0.25) is 0 Å². The number of hydrogen-bond donors (Lipinski definition) is 1. The Morgan fingerprint density at radius 2 is 2.00 bits per heavy atom. The molecule has 1 heterocycles. The second-order valence-electron chi connectivity index (χ2n) is 6.51. The Hall–Kier alpha value is -1.61. The summed E-state index contributed by atoms with van der Waals surface area (Å²) in [4.78, 5) is 4.82. The number of nitrogens with zero attached hydrogens (tertiary/aromatic N) is 2. The van der Waals surface area contributed by atoms with Crippen LogP contribution in [0, 0.1) is 5.92 Å². The van der Waals surface area contributed by atoms with Crippen molar-refractivity contribution in [3.8, 4) is 0 Å². The maximum atomic E-state index is 6.37.